The molecule has 1 saturated heterocycles. The molecule has 7 nitrogen and oxygen atoms in total. The zero-order valence-corrected chi connectivity index (χ0v) is 10.5. The molecule has 1 unspecified atom stereocenters. The van der Waals surface area contributed by atoms with Crippen molar-refractivity contribution in [3.05, 3.63) is 24.3 Å². The van der Waals surface area contributed by atoms with Crippen LogP contribution in [0.5, 0.6) is 5.75 Å². The van der Waals surface area contributed by atoms with Crippen LogP contribution in [0.25, 0.3) is 0 Å². The number of ether oxygens (including phenoxy) is 1. The van der Waals surface area contributed by atoms with E-state index in [0.29, 0.717) is 11.4 Å². The molecule has 1 aliphatic heterocycles. The molecule has 2 N–H and O–H groups in total. The summed E-state index contributed by atoms with van der Waals surface area (Å²) < 4.78 is 5.01. The minimum atomic E-state index is -1.07. The van der Waals surface area contributed by atoms with Crippen LogP contribution in [0.4, 0.5) is 10.5 Å². The molecule has 1 aromatic carbocycles. The van der Waals surface area contributed by atoms with Gasteiger partial charge in [-0.25, -0.2) is 15.2 Å². The Kier molecular flexibility index (Phi) is 3.48. The summed E-state index contributed by atoms with van der Waals surface area (Å²) in [5.74, 6) is -0.383. The molecule has 100 valence electrons. The van der Waals surface area contributed by atoms with Gasteiger partial charge in [-0.1, -0.05) is 0 Å². The predicted octanol–water partition coefficient (Wildman–Crippen LogP) is 0.214. The fraction of sp³-hybridized carbons (Fsp3) is 0.250. The van der Waals surface area contributed by atoms with Crippen molar-refractivity contribution >= 4 is 23.4 Å². The van der Waals surface area contributed by atoms with Gasteiger partial charge in [0.25, 0.3) is 5.91 Å². The monoisotopic (exact) mass is 263 g/mol. The van der Waals surface area contributed by atoms with Crippen molar-refractivity contribution in [2.24, 2.45) is 0 Å². The largest absolute Gasteiger partial charge is 0.497 e. The zero-order chi connectivity index (χ0) is 14.0. The molecule has 0 aromatic heterocycles. The number of benzene rings is 1. The number of rotatable bonds is 3. The van der Waals surface area contributed by atoms with Crippen molar-refractivity contribution in [3.8, 4) is 5.75 Å². The Bertz CT molecular complexity index is 526. The van der Waals surface area contributed by atoms with Crippen molar-refractivity contribution in [3.63, 3.8) is 0 Å². The van der Waals surface area contributed by atoms with E-state index in [1.165, 1.54) is 14.0 Å². The Morgan fingerprint density at radius 1 is 1.26 bits per heavy atom. The van der Waals surface area contributed by atoms with Gasteiger partial charge in [0.1, 0.15) is 5.75 Å². The van der Waals surface area contributed by atoms with Crippen LogP contribution >= 0.6 is 0 Å². The van der Waals surface area contributed by atoms with Crippen LogP contribution in [-0.2, 0) is 9.59 Å². The topological polar surface area (TPSA) is 87.7 Å². The molecule has 1 heterocycles. The number of ketones is 1. The normalized spacial score (nSPS) is 19.1. The highest BCUT2D eigenvalue weighted by atomic mass is 16.5. The quantitative estimate of drug-likeness (QED) is 0.761. The molecule has 0 saturated carbocycles. The maximum absolute atomic E-state index is 11.7. The number of carbonyl (C=O) groups excluding carboxylic acids is 3. The van der Waals surface area contributed by atoms with E-state index in [0.717, 1.165) is 5.01 Å². The average Bonchev–Trinajstić information content (AvgIpc) is 2.38. The van der Waals surface area contributed by atoms with Crippen LogP contribution in [0.15, 0.2) is 24.3 Å². The third-order valence-corrected chi connectivity index (χ3v) is 2.69. The molecular weight excluding hydrogens is 250 g/mol. The number of amides is 3. The third-order valence-electron chi connectivity index (χ3n) is 2.69. The Balaban J connectivity index is 2.24. The third kappa shape index (κ3) is 2.55. The molecule has 2 rings (SSSR count). The highest BCUT2D eigenvalue weighted by molar-refractivity contribution is 6.15. The summed E-state index contributed by atoms with van der Waals surface area (Å²) >= 11 is 0. The van der Waals surface area contributed by atoms with Gasteiger partial charge in [-0.2, -0.15) is 0 Å². The molecule has 3 amide bonds. The van der Waals surface area contributed by atoms with Gasteiger partial charge in [-0.15, -0.1) is 0 Å². The number of urea groups is 1. The number of nitrogens with zero attached hydrogens (tertiary/aromatic N) is 1. The molecule has 0 spiro atoms. The van der Waals surface area contributed by atoms with Crippen LogP contribution in [0.1, 0.15) is 6.92 Å². The van der Waals surface area contributed by atoms with Gasteiger partial charge in [0.05, 0.1) is 12.8 Å². The van der Waals surface area contributed by atoms with Gasteiger partial charge in [0.2, 0.25) is 0 Å². The van der Waals surface area contributed by atoms with Gasteiger partial charge in [-0.05, 0) is 31.2 Å². The van der Waals surface area contributed by atoms with E-state index in [1.807, 2.05) is 0 Å². The number of methoxy groups -OCH3 is 1. The minimum absolute atomic E-state index is 0.372. The number of nitrogens with one attached hydrogen (secondary N) is 2. The Morgan fingerprint density at radius 2 is 1.89 bits per heavy atom. The maximum Gasteiger partial charge on any atom is 0.343 e. The summed E-state index contributed by atoms with van der Waals surface area (Å²) in [6, 6.07) is 4.91. The molecule has 1 atom stereocenters. The van der Waals surface area contributed by atoms with Crippen molar-refractivity contribution in [1.82, 2.24) is 10.7 Å². The highest BCUT2D eigenvalue weighted by Crippen LogP contribution is 2.19. The zero-order valence-electron chi connectivity index (χ0n) is 10.5. The first-order valence-corrected chi connectivity index (χ1v) is 5.58. The van der Waals surface area contributed by atoms with Crippen molar-refractivity contribution in [1.29, 1.82) is 0 Å². The van der Waals surface area contributed by atoms with Crippen molar-refractivity contribution in [2.45, 2.75) is 13.0 Å². The number of anilines is 1. The Morgan fingerprint density at radius 3 is 2.42 bits per heavy atom. The standard InChI is InChI=1S/C12H13N3O4/c1-7(16)10-11(17)13-12(18)15(14-10)8-3-5-9(19-2)6-4-8/h3-6,10,14H,1-2H3,(H,13,17,18). The van der Waals surface area contributed by atoms with Crippen molar-refractivity contribution in [2.75, 3.05) is 12.1 Å². The van der Waals surface area contributed by atoms with Crippen LogP contribution in [0, 0.1) is 0 Å². The molecule has 0 aliphatic carbocycles. The van der Waals surface area contributed by atoms with Gasteiger partial charge in [0.15, 0.2) is 11.8 Å². The van der Waals surface area contributed by atoms with Crippen molar-refractivity contribution < 1.29 is 19.1 Å². The lowest BCUT2D eigenvalue weighted by molar-refractivity contribution is -0.130. The first-order chi connectivity index (χ1) is 9.02. The fourth-order valence-corrected chi connectivity index (χ4v) is 1.68. The summed E-state index contributed by atoms with van der Waals surface area (Å²) in [4.78, 5) is 34.5. The summed E-state index contributed by atoms with van der Waals surface area (Å²) in [7, 11) is 1.53. The van der Waals surface area contributed by atoms with Gasteiger partial charge < -0.3 is 4.74 Å². The Hall–Kier alpha value is -2.41. The van der Waals surface area contributed by atoms with Crippen LogP contribution in [0.3, 0.4) is 0 Å². The van der Waals surface area contributed by atoms with Gasteiger partial charge in [0, 0.05) is 0 Å². The highest BCUT2D eigenvalue weighted by Gasteiger charge is 2.35. The second kappa shape index (κ2) is 5.07. The molecule has 1 aromatic rings. The van der Waals surface area contributed by atoms with E-state index in [9.17, 15) is 14.4 Å². The molecule has 0 radical (unpaired) electrons. The molecule has 1 fully saturated rings. The molecule has 0 bridgehead atoms. The number of imide groups is 1. The number of hydrogen-bond donors (Lipinski definition) is 2. The van der Waals surface area contributed by atoms with Crippen LogP contribution < -0.4 is 20.5 Å². The summed E-state index contributed by atoms with van der Waals surface area (Å²) in [5, 5.41) is 3.24. The van der Waals surface area contributed by atoms with E-state index >= 15 is 0 Å². The molecule has 19 heavy (non-hydrogen) atoms. The summed E-state index contributed by atoms with van der Waals surface area (Å²) in [5.41, 5.74) is 3.08. The number of carbonyl (C=O) groups is 3. The lowest BCUT2D eigenvalue weighted by Crippen LogP contribution is -2.66. The summed E-state index contributed by atoms with van der Waals surface area (Å²) in [6.45, 7) is 1.28. The first kappa shape index (κ1) is 13.0. The molecular formula is C12H13N3O4. The number of hydrogen-bond acceptors (Lipinski definition) is 5. The predicted molar refractivity (Wildman–Crippen MR) is 66.6 cm³/mol. The Labute approximate surface area is 109 Å². The minimum Gasteiger partial charge on any atom is -0.497 e. The lowest BCUT2D eigenvalue weighted by Gasteiger charge is -2.31. The summed E-state index contributed by atoms with van der Waals surface area (Å²) in [6.07, 6.45) is 0. The molecule has 7 heteroatoms. The first-order valence-electron chi connectivity index (χ1n) is 5.58. The van der Waals surface area contributed by atoms with E-state index in [2.05, 4.69) is 10.7 Å². The lowest BCUT2D eigenvalue weighted by atomic mass is 10.2. The average molecular weight is 263 g/mol. The van der Waals surface area contributed by atoms with E-state index in [4.69, 9.17) is 4.74 Å². The second-order valence-corrected chi connectivity index (χ2v) is 4.00. The van der Waals surface area contributed by atoms with Gasteiger partial charge in [-0.3, -0.25) is 14.9 Å². The fourth-order valence-electron chi connectivity index (χ4n) is 1.68. The maximum atomic E-state index is 11.7. The molecule has 1 aliphatic rings. The van der Waals surface area contributed by atoms with E-state index in [-0.39, 0.29) is 5.78 Å². The smallest absolute Gasteiger partial charge is 0.343 e. The van der Waals surface area contributed by atoms with E-state index < -0.39 is 18.0 Å². The van der Waals surface area contributed by atoms with E-state index in [1.54, 1.807) is 24.3 Å². The van der Waals surface area contributed by atoms with Crippen LogP contribution in [-0.4, -0.2) is 30.9 Å². The van der Waals surface area contributed by atoms with Crippen LogP contribution in [0.2, 0.25) is 0 Å². The SMILES string of the molecule is COc1ccc(N2NC(C(C)=O)C(=O)NC2=O)cc1. The number of hydrazine groups is 1. The number of Topliss-reactive ketones (excluding diaryl/α,β-unsaturated/α-hetero) is 1. The second-order valence-electron chi connectivity index (χ2n) is 4.00. The van der Waals surface area contributed by atoms with Gasteiger partial charge >= 0.3 is 6.03 Å².